The molecular formula is C16H22N2O4S. The molecule has 1 saturated heterocycles. The molecule has 0 saturated carbocycles. The molecule has 3 rings (SSSR count). The highest BCUT2D eigenvalue weighted by atomic mass is 32.2. The van der Waals surface area contributed by atoms with Crippen LogP contribution in [-0.4, -0.2) is 37.3 Å². The molecule has 2 unspecified atom stereocenters. The van der Waals surface area contributed by atoms with Crippen LogP contribution in [0.3, 0.4) is 0 Å². The topological polar surface area (TPSA) is 75.7 Å². The summed E-state index contributed by atoms with van der Waals surface area (Å²) in [7, 11) is -3.60. The van der Waals surface area contributed by atoms with Crippen molar-refractivity contribution >= 4 is 21.6 Å². The maximum absolute atomic E-state index is 13.0. The molecule has 23 heavy (non-hydrogen) atoms. The van der Waals surface area contributed by atoms with Crippen LogP contribution in [0, 0.1) is 0 Å². The van der Waals surface area contributed by atoms with Crippen LogP contribution >= 0.6 is 0 Å². The number of carbonyl (C=O) groups excluding carboxylic acids is 1. The van der Waals surface area contributed by atoms with E-state index in [2.05, 4.69) is 5.32 Å². The van der Waals surface area contributed by atoms with E-state index < -0.39 is 10.0 Å². The van der Waals surface area contributed by atoms with Gasteiger partial charge in [-0.15, -0.1) is 0 Å². The predicted octanol–water partition coefficient (Wildman–Crippen LogP) is 2.36. The summed E-state index contributed by atoms with van der Waals surface area (Å²) in [6.07, 6.45) is 3.04. The second-order valence-corrected chi connectivity index (χ2v) is 8.11. The van der Waals surface area contributed by atoms with E-state index >= 15 is 0 Å². The highest BCUT2D eigenvalue weighted by Crippen LogP contribution is 2.34. The van der Waals surface area contributed by atoms with Crippen molar-refractivity contribution < 1.29 is 17.9 Å². The fourth-order valence-electron chi connectivity index (χ4n) is 3.35. The van der Waals surface area contributed by atoms with Gasteiger partial charge in [-0.2, -0.15) is 4.31 Å². The Hall–Kier alpha value is -1.60. The van der Waals surface area contributed by atoms with Gasteiger partial charge < -0.3 is 10.1 Å². The summed E-state index contributed by atoms with van der Waals surface area (Å²) in [5.41, 5.74) is 0.422. The van der Waals surface area contributed by atoms with Crippen LogP contribution in [0.4, 0.5) is 5.69 Å². The molecule has 0 bridgehead atoms. The number of ether oxygens (including phenoxy) is 1. The number of piperidine rings is 1. The quantitative estimate of drug-likeness (QED) is 0.898. The number of hydrogen-bond donors (Lipinski definition) is 1. The molecule has 1 fully saturated rings. The molecule has 0 radical (unpaired) electrons. The molecule has 126 valence electrons. The maximum Gasteiger partial charge on any atom is 0.243 e. The molecule has 2 aliphatic rings. The smallest absolute Gasteiger partial charge is 0.243 e. The third kappa shape index (κ3) is 3.07. The Morgan fingerprint density at radius 2 is 1.91 bits per heavy atom. The Labute approximate surface area is 136 Å². The van der Waals surface area contributed by atoms with Crippen LogP contribution in [0.1, 0.15) is 39.5 Å². The van der Waals surface area contributed by atoms with Gasteiger partial charge in [0.25, 0.3) is 0 Å². The first-order valence-corrected chi connectivity index (χ1v) is 9.44. The van der Waals surface area contributed by atoms with E-state index in [9.17, 15) is 13.2 Å². The molecule has 2 aliphatic heterocycles. The van der Waals surface area contributed by atoms with Gasteiger partial charge in [0.2, 0.25) is 15.9 Å². The molecule has 1 aromatic rings. The van der Waals surface area contributed by atoms with Gasteiger partial charge in [-0.3, -0.25) is 4.79 Å². The third-order valence-corrected chi connectivity index (χ3v) is 6.62. The number of amides is 1. The molecule has 2 heterocycles. The van der Waals surface area contributed by atoms with E-state index in [1.807, 2.05) is 13.8 Å². The molecule has 0 spiro atoms. The van der Waals surface area contributed by atoms with Crippen molar-refractivity contribution in [2.24, 2.45) is 0 Å². The number of nitrogens with zero attached hydrogens (tertiary/aromatic N) is 1. The number of anilines is 1. The molecule has 1 amide bonds. The van der Waals surface area contributed by atoms with E-state index in [4.69, 9.17) is 4.74 Å². The Morgan fingerprint density at radius 1 is 1.22 bits per heavy atom. The number of carbonyl (C=O) groups is 1. The number of rotatable bonds is 2. The summed E-state index contributed by atoms with van der Waals surface area (Å²) in [6.45, 7) is 4.19. The SMILES string of the molecule is CC1CCCC(C)N1S(=O)(=O)c1ccc2c(c1)NC(=O)CCO2. The van der Waals surface area contributed by atoms with E-state index in [-0.39, 0.29) is 29.3 Å². The monoisotopic (exact) mass is 338 g/mol. The van der Waals surface area contributed by atoms with Crippen molar-refractivity contribution in [2.75, 3.05) is 11.9 Å². The lowest BCUT2D eigenvalue weighted by molar-refractivity contribution is -0.116. The standard InChI is InChI=1S/C16H22N2O4S/c1-11-4-3-5-12(2)18(11)23(20,21)13-6-7-15-14(10-13)17-16(19)8-9-22-15/h6-7,10-12H,3-5,8-9H2,1-2H3,(H,17,19). The number of benzene rings is 1. The molecule has 1 N–H and O–H groups in total. The fraction of sp³-hybridized carbons (Fsp3) is 0.562. The van der Waals surface area contributed by atoms with Crippen molar-refractivity contribution in [1.82, 2.24) is 4.31 Å². The van der Waals surface area contributed by atoms with Crippen LogP contribution in [0.2, 0.25) is 0 Å². The minimum absolute atomic E-state index is 0.0200. The summed E-state index contributed by atoms with van der Waals surface area (Å²) in [6, 6.07) is 4.64. The average molecular weight is 338 g/mol. The van der Waals surface area contributed by atoms with Crippen LogP contribution < -0.4 is 10.1 Å². The first-order chi connectivity index (χ1) is 10.9. The second kappa shape index (κ2) is 6.13. The zero-order valence-electron chi connectivity index (χ0n) is 13.4. The largest absolute Gasteiger partial charge is 0.491 e. The van der Waals surface area contributed by atoms with Gasteiger partial charge in [-0.05, 0) is 44.9 Å². The molecule has 7 heteroatoms. The Bertz CT molecular complexity index is 707. The summed E-state index contributed by atoms with van der Waals surface area (Å²) < 4.78 is 33.1. The van der Waals surface area contributed by atoms with Crippen molar-refractivity contribution in [3.8, 4) is 5.75 Å². The number of nitrogens with one attached hydrogen (secondary N) is 1. The van der Waals surface area contributed by atoms with Gasteiger partial charge in [-0.1, -0.05) is 6.42 Å². The van der Waals surface area contributed by atoms with Crippen LogP contribution in [0.5, 0.6) is 5.75 Å². The van der Waals surface area contributed by atoms with Crippen molar-refractivity contribution in [3.63, 3.8) is 0 Å². The number of fused-ring (bicyclic) bond motifs is 1. The lowest BCUT2D eigenvalue weighted by Gasteiger charge is -2.37. The van der Waals surface area contributed by atoms with E-state index in [0.717, 1.165) is 19.3 Å². The van der Waals surface area contributed by atoms with Gasteiger partial charge in [0, 0.05) is 12.1 Å². The van der Waals surface area contributed by atoms with Crippen molar-refractivity contribution in [2.45, 2.75) is 56.5 Å². The number of sulfonamides is 1. The molecule has 6 nitrogen and oxygen atoms in total. The highest BCUT2D eigenvalue weighted by Gasteiger charge is 2.36. The van der Waals surface area contributed by atoms with Gasteiger partial charge in [0.05, 0.1) is 23.6 Å². The fourth-order valence-corrected chi connectivity index (χ4v) is 5.26. The van der Waals surface area contributed by atoms with E-state index in [1.165, 1.54) is 6.07 Å². The Morgan fingerprint density at radius 3 is 2.61 bits per heavy atom. The van der Waals surface area contributed by atoms with Gasteiger partial charge >= 0.3 is 0 Å². The van der Waals surface area contributed by atoms with Gasteiger partial charge in [0.15, 0.2) is 0 Å². The molecule has 0 aliphatic carbocycles. The molecule has 1 aromatic carbocycles. The van der Waals surface area contributed by atoms with Gasteiger partial charge in [0.1, 0.15) is 5.75 Å². The Kier molecular flexibility index (Phi) is 4.33. The summed E-state index contributed by atoms with van der Waals surface area (Å²) in [4.78, 5) is 11.9. The predicted molar refractivity (Wildman–Crippen MR) is 87.0 cm³/mol. The van der Waals surface area contributed by atoms with E-state index in [0.29, 0.717) is 18.0 Å². The maximum atomic E-state index is 13.0. The minimum Gasteiger partial charge on any atom is -0.491 e. The molecular weight excluding hydrogens is 316 g/mol. The zero-order valence-corrected chi connectivity index (χ0v) is 14.2. The molecule has 0 aromatic heterocycles. The average Bonchev–Trinajstić information content (AvgIpc) is 2.66. The van der Waals surface area contributed by atoms with Crippen LogP contribution in [-0.2, 0) is 14.8 Å². The van der Waals surface area contributed by atoms with Crippen molar-refractivity contribution in [1.29, 1.82) is 0 Å². The molecule has 2 atom stereocenters. The summed E-state index contributed by atoms with van der Waals surface area (Å²) in [5, 5.41) is 2.71. The zero-order chi connectivity index (χ0) is 16.6. The van der Waals surface area contributed by atoms with E-state index in [1.54, 1.807) is 16.4 Å². The van der Waals surface area contributed by atoms with Gasteiger partial charge in [-0.25, -0.2) is 8.42 Å². The minimum atomic E-state index is -3.60. The lowest BCUT2D eigenvalue weighted by atomic mass is 10.0. The number of hydrogen-bond acceptors (Lipinski definition) is 4. The third-order valence-electron chi connectivity index (χ3n) is 4.50. The summed E-state index contributed by atoms with van der Waals surface area (Å²) >= 11 is 0. The van der Waals surface area contributed by atoms with Crippen LogP contribution in [0.15, 0.2) is 23.1 Å². The normalized spacial score (nSPS) is 25.9. The van der Waals surface area contributed by atoms with Crippen molar-refractivity contribution in [3.05, 3.63) is 18.2 Å². The highest BCUT2D eigenvalue weighted by molar-refractivity contribution is 7.89. The lowest BCUT2D eigenvalue weighted by Crippen LogP contribution is -2.47. The summed E-state index contributed by atoms with van der Waals surface area (Å²) in [5.74, 6) is 0.340. The Balaban J connectivity index is 1.99. The first-order valence-electron chi connectivity index (χ1n) is 8.00. The first kappa shape index (κ1) is 16.3. The second-order valence-electron chi connectivity index (χ2n) is 6.27. The van der Waals surface area contributed by atoms with Crippen LogP contribution in [0.25, 0.3) is 0 Å².